The van der Waals surface area contributed by atoms with Gasteiger partial charge in [-0.3, -0.25) is 14.9 Å². The van der Waals surface area contributed by atoms with Crippen LogP contribution in [0, 0.1) is 0 Å². The molecule has 152 valence electrons. The highest BCUT2D eigenvalue weighted by Gasteiger charge is 2.13. The Hall–Kier alpha value is -3.20. The molecule has 0 aliphatic carbocycles. The molecule has 0 atom stereocenters. The maximum absolute atomic E-state index is 12.0. The van der Waals surface area contributed by atoms with Crippen molar-refractivity contribution in [1.82, 2.24) is 5.32 Å². The predicted octanol–water partition coefficient (Wildman–Crippen LogP) is 3.25. The van der Waals surface area contributed by atoms with Gasteiger partial charge in [0, 0.05) is 41.4 Å². The van der Waals surface area contributed by atoms with Gasteiger partial charge in [-0.05, 0) is 36.4 Å². The molecule has 4 amide bonds. The van der Waals surface area contributed by atoms with E-state index in [1.54, 1.807) is 30.3 Å². The molecule has 0 spiro atoms. The molecule has 2 aromatic carbocycles. The van der Waals surface area contributed by atoms with Gasteiger partial charge in [-0.2, -0.15) is 0 Å². The highest BCUT2D eigenvalue weighted by atomic mass is 32.2. The Kier molecular flexibility index (Phi) is 6.96. The van der Waals surface area contributed by atoms with Gasteiger partial charge in [0.05, 0.1) is 0 Å². The number of urea groups is 1. The summed E-state index contributed by atoms with van der Waals surface area (Å²) >= 11 is 1.49. The second kappa shape index (κ2) is 9.83. The molecule has 0 aromatic heterocycles. The smallest absolute Gasteiger partial charge is 0.325 e. The van der Waals surface area contributed by atoms with Crippen LogP contribution in [0.4, 0.5) is 16.2 Å². The summed E-state index contributed by atoms with van der Waals surface area (Å²) in [6.07, 6.45) is 0.187. The number of anilines is 2. The lowest BCUT2D eigenvalue weighted by atomic mass is 10.2. The van der Waals surface area contributed by atoms with Gasteiger partial charge in [-0.25, -0.2) is 4.79 Å². The van der Waals surface area contributed by atoms with Crippen LogP contribution in [0.15, 0.2) is 47.4 Å². The Balaban J connectivity index is 1.40. The first kappa shape index (κ1) is 20.5. The second-order valence-corrected chi connectivity index (χ2v) is 7.33. The SMILES string of the molecule is CC(=O)Nc1ccc(SCCC(=O)NC(=O)Nc2ccc3c(c2)OCCO3)cc1. The van der Waals surface area contributed by atoms with Gasteiger partial charge in [0.2, 0.25) is 11.8 Å². The van der Waals surface area contributed by atoms with E-state index in [4.69, 9.17) is 9.47 Å². The largest absolute Gasteiger partial charge is 0.486 e. The molecule has 1 aliphatic heterocycles. The van der Waals surface area contributed by atoms with Gasteiger partial charge in [-0.15, -0.1) is 11.8 Å². The van der Waals surface area contributed by atoms with Crippen molar-refractivity contribution in [3.63, 3.8) is 0 Å². The molecule has 8 nitrogen and oxygen atoms in total. The highest BCUT2D eigenvalue weighted by molar-refractivity contribution is 7.99. The van der Waals surface area contributed by atoms with Crippen molar-refractivity contribution < 1.29 is 23.9 Å². The van der Waals surface area contributed by atoms with Crippen molar-refractivity contribution in [2.24, 2.45) is 0 Å². The number of carbonyl (C=O) groups is 3. The molecule has 0 fully saturated rings. The molecule has 29 heavy (non-hydrogen) atoms. The molecular formula is C20H21N3O5S. The number of hydrogen-bond acceptors (Lipinski definition) is 6. The number of carbonyl (C=O) groups excluding carboxylic acids is 3. The maximum Gasteiger partial charge on any atom is 0.325 e. The summed E-state index contributed by atoms with van der Waals surface area (Å²) in [5, 5.41) is 7.60. The van der Waals surface area contributed by atoms with E-state index in [-0.39, 0.29) is 18.2 Å². The number of amides is 4. The van der Waals surface area contributed by atoms with E-state index in [9.17, 15) is 14.4 Å². The first-order chi connectivity index (χ1) is 14.0. The Morgan fingerprint density at radius 2 is 1.62 bits per heavy atom. The summed E-state index contributed by atoms with van der Waals surface area (Å²) in [5.41, 5.74) is 1.23. The van der Waals surface area contributed by atoms with Crippen LogP contribution >= 0.6 is 11.8 Å². The van der Waals surface area contributed by atoms with E-state index in [2.05, 4.69) is 16.0 Å². The molecule has 0 saturated carbocycles. The fourth-order valence-corrected chi connectivity index (χ4v) is 3.42. The third-order valence-corrected chi connectivity index (χ3v) is 4.84. The first-order valence-corrected chi connectivity index (χ1v) is 9.99. The zero-order valence-electron chi connectivity index (χ0n) is 15.8. The van der Waals surface area contributed by atoms with E-state index < -0.39 is 6.03 Å². The standard InChI is InChI=1S/C20H21N3O5S/c1-13(24)21-14-2-5-16(6-3-14)29-11-8-19(25)23-20(26)22-15-4-7-17-18(12-15)28-10-9-27-17/h2-7,12H,8-11H2,1H3,(H,21,24)(H2,22,23,25,26). The third kappa shape index (κ3) is 6.42. The quantitative estimate of drug-likeness (QED) is 0.626. The van der Waals surface area contributed by atoms with Crippen molar-refractivity contribution in [1.29, 1.82) is 0 Å². The van der Waals surface area contributed by atoms with Crippen LogP contribution in [0.3, 0.4) is 0 Å². The van der Waals surface area contributed by atoms with Crippen molar-refractivity contribution in [3.8, 4) is 11.5 Å². The number of ether oxygens (including phenoxy) is 2. The van der Waals surface area contributed by atoms with E-state index in [1.807, 2.05) is 12.1 Å². The number of nitrogens with one attached hydrogen (secondary N) is 3. The Morgan fingerprint density at radius 3 is 2.34 bits per heavy atom. The van der Waals surface area contributed by atoms with Gasteiger partial charge in [0.25, 0.3) is 0 Å². The summed E-state index contributed by atoms with van der Waals surface area (Å²) in [7, 11) is 0. The predicted molar refractivity (Wildman–Crippen MR) is 111 cm³/mol. The molecular weight excluding hydrogens is 394 g/mol. The zero-order valence-corrected chi connectivity index (χ0v) is 16.6. The van der Waals surface area contributed by atoms with Crippen molar-refractivity contribution in [3.05, 3.63) is 42.5 Å². The normalized spacial score (nSPS) is 12.0. The molecule has 0 bridgehead atoms. The number of benzene rings is 2. The van der Waals surface area contributed by atoms with Gasteiger partial charge in [0.1, 0.15) is 13.2 Å². The maximum atomic E-state index is 12.0. The minimum absolute atomic E-state index is 0.128. The number of thioether (sulfide) groups is 1. The third-order valence-electron chi connectivity index (χ3n) is 3.83. The average molecular weight is 415 g/mol. The summed E-state index contributed by atoms with van der Waals surface area (Å²) in [6, 6.07) is 11.8. The summed E-state index contributed by atoms with van der Waals surface area (Å²) in [5.74, 6) is 1.20. The van der Waals surface area contributed by atoms with Crippen LogP contribution in [0.2, 0.25) is 0 Å². The van der Waals surface area contributed by atoms with Gasteiger partial charge < -0.3 is 20.1 Å². The lowest BCUT2D eigenvalue weighted by Gasteiger charge is -2.19. The average Bonchev–Trinajstić information content (AvgIpc) is 2.68. The van der Waals surface area contributed by atoms with Gasteiger partial charge in [0.15, 0.2) is 11.5 Å². The summed E-state index contributed by atoms with van der Waals surface area (Å²) < 4.78 is 10.9. The van der Waals surface area contributed by atoms with Crippen LogP contribution in [-0.4, -0.2) is 36.8 Å². The summed E-state index contributed by atoms with van der Waals surface area (Å²) in [4.78, 5) is 35.9. The van der Waals surface area contributed by atoms with Crippen LogP contribution in [0.5, 0.6) is 11.5 Å². The van der Waals surface area contributed by atoms with Crippen LogP contribution in [0.1, 0.15) is 13.3 Å². The second-order valence-electron chi connectivity index (χ2n) is 6.16. The minimum atomic E-state index is -0.601. The molecule has 3 N–H and O–H groups in total. The number of imide groups is 1. The van der Waals surface area contributed by atoms with E-state index in [0.29, 0.717) is 36.2 Å². The van der Waals surface area contributed by atoms with Crippen molar-refractivity contribution in [2.45, 2.75) is 18.2 Å². The monoisotopic (exact) mass is 415 g/mol. The Labute approximate surface area is 172 Å². The number of rotatable bonds is 6. The lowest BCUT2D eigenvalue weighted by Crippen LogP contribution is -2.34. The lowest BCUT2D eigenvalue weighted by molar-refractivity contribution is -0.119. The first-order valence-electron chi connectivity index (χ1n) is 9.00. The van der Waals surface area contributed by atoms with E-state index >= 15 is 0 Å². The van der Waals surface area contributed by atoms with Crippen LogP contribution < -0.4 is 25.4 Å². The van der Waals surface area contributed by atoms with Crippen molar-refractivity contribution >= 4 is 41.0 Å². The molecule has 2 aromatic rings. The minimum Gasteiger partial charge on any atom is -0.486 e. The topological polar surface area (TPSA) is 106 Å². The van der Waals surface area contributed by atoms with Crippen molar-refractivity contribution in [2.75, 3.05) is 29.6 Å². The molecule has 0 saturated heterocycles. The molecule has 9 heteroatoms. The highest BCUT2D eigenvalue weighted by Crippen LogP contribution is 2.32. The molecule has 1 heterocycles. The fraction of sp³-hybridized carbons (Fsp3) is 0.250. The van der Waals surface area contributed by atoms with E-state index in [0.717, 1.165) is 10.6 Å². The number of fused-ring (bicyclic) bond motifs is 1. The van der Waals surface area contributed by atoms with Gasteiger partial charge >= 0.3 is 6.03 Å². The Bertz CT molecular complexity index is 901. The van der Waals surface area contributed by atoms with E-state index in [1.165, 1.54) is 18.7 Å². The molecule has 0 radical (unpaired) electrons. The summed E-state index contributed by atoms with van der Waals surface area (Å²) in [6.45, 7) is 2.40. The molecule has 3 rings (SSSR count). The fourth-order valence-electron chi connectivity index (χ4n) is 2.57. The molecule has 0 unspecified atom stereocenters. The van der Waals surface area contributed by atoms with Crippen LogP contribution in [0.25, 0.3) is 0 Å². The Morgan fingerprint density at radius 1 is 0.931 bits per heavy atom. The number of hydrogen-bond donors (Lipinski definition) is 3. The van der Waals surface area contributed by atoms with Gasteiger partial charge in [-0.1, -0.05) is 0 Å². The van der Waals surface area contributed by atoms with Crippen LogP contribution in [-0.2, 0) is 9.59 Å². The zero-order chi connectivity index (χ0) is 20.6. The molecule has 1 aliphatic rings.